The highest BCUT2D eigenvalue weighted by molar-refractivity contribution is 7.16. The van der Waals surface area contributed by atoms with Gasteiger partial charge in [0.05, 0.1) is 5.39 Å². The molecule has 0 N–H and O–H groups in total. The number of hydrogen-bond donors (Lipinski definition) is 0. The quantitative estimate of drug-likeness (QED) is 0.451. The standard InChI is InChI=1S/C20H16N4O2S/c1-12-3-5-16(13(2)9-12)25-10-14-4-6-17(26-14)18-22-19-15-7-8-27-20(15)21-11-24(19)23-18/h3-9,11H,10H2,1-2H3. The first-order chi connectivity index (χ1) is 13.2. The van der Waals surface area contributed by atoms with Crippen LogP contribution >= 0.6 is 11.3 Å². The molecule has 0 saturated heterocycles. The van der Waals surface area contributed by atoms with Gasteiger partial charge in [-0.05, 0) is 49.1 Å². The van der Waals surface area contributed by atoms with Crippen molar-refractivity contribution < 1.29 is 9.15 Å². The van der Waals surface area contributed by atoms with E-state index in [-0.39, 0.29) is 0 Å². The molecule has 5 rings (SSSR count). The molecule has 0 unspecified atom stereocenters. The number of hydrogen-bond acceptors (Lipinski definition) is 6. The summed E-state index contributed by atoms with van der Waals surface area (Å²) in [4.78, 5) is 9.96. The molecule has 1 aromatic carbocycles. The fourth-order valence-corrected chi connectivity index (χ4v) is 3.78. The molecule has 134 valence electrons. The number of aryl methyl sites for hydroxylation is 2. The average Bonchev–Trinajstić information content (AvgIpc) is 3.38. The first kappa shape index (κ1) is 16.0. The van der Waals surface area contributed by atoms with Gasteiger partial charge in [-0.3, -0.25) is 0 Å². The minimum Gasteiger partial charge on any atom is -0.485 e. The molecule has 4 aromatic heterocycles. The van der Waals surface area contributed by atoms with Gasteiger partial charge >= 0.3 is 0 Å². The summed E-state index contributed by atoms with van der Waals surface area (Å²) in [6.07, 6.45) is 1.68. The molecule has 5 aromatic rings. The number of fused-ring (bicyclic) bond motifs is 3. The Bertz CT molecular complexity index is 1270. The molecule has 0 aliphatic heterocycles. The third-order valence-electron chi connectivity index (χ3n) is 4.38. The van der Waals surface area contributed by atoms with Gasteiger partial charge < -0.3 is 9.15 Å². The van der Waals surface area contributed by atoms with Crippen LogP contribution in [-0.2, 0) is 6.61 Å². The van der Waals surface area contributed by atoms with Crippen molar-refractivity contribution in [3.05, 3.63) is 65.0 Å². The molecule has 0 atom stereocenters. The molecule has 0 aliphatic carbocycles. The van der Waals surface area contributed by atoms with Crippen molar-refractivity contribution in [2.24, 2.45) is 0 Å². The van der Waals surface area contributed by atoms with E-state index in [1.54, 1.807) is 22.2 Å². The Balaban J connectivity index is 1.40. The summed E-state index contributed by atoms with van der Waals surface area (Å²) in [6.45, 7) is 4.46. The Morgan fingerprint density at radius 1 is 1.15 bits per heavy atom. The molecular weight excluding hydrogens is 360 g/mol. The van der Waals surface area contributed by atoms with Crippen molar-refractivity contribution in [2.75, 3.05) is 0 Å². The Kier molecular flexibility index (Phi) is 3.68. The van der Waals surface area contributed by atoms with Gasteiger partial charge in [-0.2, -0.15) is 0 Å². The smallest absolute Gasteiger partial charge is 0.217 e. The summed E-state index contributed by atoms with van der Waals surface area (Å²) < 4.78 is 13.5. The van der Waals surface area contributed by atoms with E-state index in [1.165, 1.54) is 5.56 Å². The highest BCUT2D eigenvalue weighted by atomic mass is 32.1. The summed E-state index contributed by atoms with van der Waals surface area (Å²) >= 11 is 1.59. The molecular formula is C20H16N4O2S. The molecule has 0 fully saturated rings. The zero-order chi connectivity index (χ0) is 18.4. The number of thiophene rings is 1. The van der Waals surface area contributed by atoms with Crippen LogP contribution in [-0.4, -0.2) is 19.6 Å². The molecule has 0 spiro atoms. The predicted octanol–water partition coefficient (Wildman–Crippen LogP) is 4.79. The van der Waals surface area contributed by atoms with Crippen LogP contribution in [0.2, 0.25) is 0 Å². The van der Waals surface area contributed by atoms with Gasteiger partial charge in [0.2, 0.25) is 5.82 Å². The maximum Gasteiger partial charge on any atom is 0.217 e. The normalized spacial score (nSPS) is 11.5. The van der Waals surface area contributed by atoms with Gasteiger partial charge in [0.1, 0.15) is 29.3 Å². The van der Waals surface area contributed by atoms with Crippen molar-refractivity contribution in [1.29, 1.82) is 0 Å². The van der Waals surface area contributed by atoms with Crippen LogP contribution in [0.15, 0.2) is 52.5 Å². The molecule has 27 heavy (non-hydrogen) atoms. The van der Waals surface area contributed by atoms with Crippen molar-refractivity contribution in [3.63, 3.8) is 0 Å². The van der Waals surface area contributed by atoms with Crippen LogP contribution in [0.3, 0.4) is 0 Å². The molecule has 7 heteroatoms. The molecule has 0 radical (unpaired) electrons. The summed E-state index contributed by atoms with van der Waals surface area (Å²) in [6, 6.07) is 11.9. The van der Waals surface area contributed by atoms with E-state index in [0.717, 1.165) is 32.9 Å². The Morgan fingerprint density at radius 2 is 2.07 bits per heavy atom. The van der Waals surface area contributed by atoms with Crippen molar-refractivity contribution in [2.45, 2.75) is 20.5 Å². The Hall–Kier alpha value is -3.19. The second-order valence-corrected chi connectivity index (χ2v) is 7.31. The van der Waals surface area contributed by atoms with Gasteiger partial charge in [0.15, 0.2) is 11.4 Å². The second kappa shape index (κ2) is 6.21. The zero-order valence-corrected chi connectivity index (χ0v) is 15.7. The van der Waals surface area contributed by atoms with E-state index in [1.807, 2.05) is 42.6 Å². The number of ether oxygens (including phenoxy) is 1. The SMILES string of the molecule is Cc1ccc(OCc2ccc(-c3nc4c5ccsc5ncn4n3)o2)c(C)c1. The van der Waals surface area contributed by atoms with Gasteiger partial charge in [-0.1, -0.05) is 17.7 Å². The van der Waals surface area contributed by atoms with Gasteiger partial charge in [-0.15, -0.1) is 16.4 Å². The molecule has 0 amide bonds. The lowest BCUT2D eigenvalue weighted by Gasteiger charge is -2.08. The lowest BCUT2D eigenvalue weighted by molar-refractivity contribution is 0.270. The minimum absolute atomic E-state index is 0.355. The van der Waals surface area contributed by atoms with Crippen LogP contribution < -0.4 is 4.74 Å². The summed E-state index contributed by atoms with van der Waals surface area (Å²) in [5, 5.41) is 7.47. The topological polar surface area (TPSA) is 65.5 Å². The summed E-state index contributed by atoms with van der Waals surface area (Å²) in [7, 11) is 0. The summed E-state index contributed by atoms with van der Waals surface area (Å²) in [5.74, 6) is 2.73. The Morgan fingerprint density at radius 3 is 2.96 bits per heavy atom. The number of furan rings is 1. The van der Waals surface area contributed by atoms with E-state index in [9.17, 15) is 0 Å². The van der Waals surface area contributed by atoms with Crippen LogP contribution in [0.4, 0.5) is 0 Å². The first-order valence-electron chi connectivity index (χ1n) is 8.55. The van der Waals surface area contributed by atoms with E-state index in [4.69, 9.17) is 9.15 Å². The molecule has 4 heterocycles. The summed E-state index contributed by atoms with van der Waals surface area (Å²) in [5.41, 5.74) is 3.10. The van der Waals surface area contributed by atoms with Crippen molar-refractivity contribution in [3.8, 4) is 17.3 Å². The fraction of sp³-hybridized carbons (Fsp3) is 0.150. The van der Waals surface area contributed by atoms with Crippen LogP contribution in [0.5, 0.6) is 5.75 Å². The maximum atomic E-state index is 5.90. The Labute approximate surface area is 159 Å². The van der Waals surface area contributed by atoms with Crippen LogP contribution in [0.1, 0.15) is 16.9 Å². The second-order valence-electron chi connectivity index (χ2n) is 6.41. The van der Waals surface area contributed by atoms with Gasteiger partial charge in [-0.25, -0.2) is 14.5 Å². The van der Waals surface area contributed by atoms with Gasteiger partial charge in [0, 0.05) is 0 Å². The third-order valence-corrected chi connectivity index (χ3v) is 5.20. The van der Waals surface area contributed by atoms with Crippen LogP contribution in [0, 0.1) is 13.8 Å². The zero-order valence-electron chi connectivity index (χ0n) is 14.8. The van der Waals surface area contributed by atoms with E-state index in [2.05, 4.69) is 28.1 Å². The highest BCUT2D eigenvalue weighted by Gasteiger charge is 2.14. The van der Waals surface area contributed by atoms with Crippen molar-refractivity contribution >= 4 is 27.2 Å². The number of rotatable bonds is 4. The van der Waals surface area contributed by atoms with E-state index in [0.29, 0.717) is 18.2 Å². The predicted molar refractivity (Wildman–Crippen MR) is 104 cm³/mol. The molecule has 0 bridgehead atoms. The lowest BCUT2D eigenvalue weighted by Crippen LogP contribution is -1.95. The largest absolute Gasteiger partial charge is 0.485 e. The minimum atomic E-state index is 0.355. The van der Waals surface area contributed by atoms with E-state index >= 15 is 0 Å². The first-order valence-corrected chi connectivity index (χ1v) is 9.43. The number of nitrogens with zero attached hydrogens (tertiary/aromatic N) is 4. The average molecular weight is 376 g/mol. The monoisotopic (exact) mass is 376 g/mol. The molecule has 0 aliphatic rings. The fourth-order valence-electron chi connectivity index (χ4n) is 3.06. The van der Waals surface area contributed by atoms with Gasteiger partial charge in [0.25, 0.3) is 0 Å². The third kappa shape index (κ3) is 2.86. The highest BCUT2D eigenvalue weighted by Crippen LogP contribution is 2.26. The number of benzene rings is 1. The molecule has 6 nitrogen and oxygen atoms in total. The van der Waals surface area contributed by atoms with Crippen LogP contribution in [0.25, 0.3) is 27.4 Å². The maximum absolute atomic E-state index is 5.90. The molecule has 0 saturated carbocycles. The lowest BCUT2D eigenvalue weighted by atomic mass is 10.1. The number of aromatic nitrogens is 4. The van der Waals surface area contributed by atoms with Crippen molar-refractivity contribution in [1.82, 2.24) is 19.6 Å². The van der Waals surface area contributed by atoms with E-state index < -0.39 is 0 Å².